The van der Waals surface area contributed by atoms with Gasteiger partial charge in [-0.2, -0.15) is 5.10 Å². The fourth-order valence-electron chi connectivity index (χ4n) is 2.02. The van der Waals surface area contributed by atoms with Gasteiger partial charge in [-0.3, -0.25) is 0 Å². The third-order valence-electron chi connectivity index (χ3n) is 2.96. The Morgan fingerprint density at radius 2 is 2.05 bits per heavy atom. The number of fused-ring (bicyclic) bond motifs is 1. The highest BCUT2D eigenvalue weighted by atomic mass is 16.3. The van der Waals surface area contributed by atoms with Crippen molar-refractivity contribution in [1.82, 2.24) is 14.6 Å². The second-order valence-electron chi connectivity index (χ2n) is 4.27. The molecule has 96 valence electrons. The van der Waals surface area contributed by atoms with Gasteiger partial charge in [0, 0.05) is 18.9 Å². The molecule has 2 heterocycles. The Bertz CT molecular complexity index is 692. The maximum absolute atomic E-state index is 9.12. The van der Waals surface area contributed by atoms with Gasteiger partial charge in [-0.05, 0) is 17.2 Å². The van der Waals surface area contributed by atoms with Crippen molar-refractivity contribution >= 4 is 11.3 Å². The molecule has 2 N–H and O–H groups in total. The minimum Gasteiger partial charge on any atom is -0.392 e. The SMILES string of the molecule is OCc1cccc(CNc2nccn3nccc23)c1. The van der Waals surface area contributed by atoms with Crippen LogP contribution in [0.2, 0.25) is 0 Å². The number of benzene rings is 1. The first kappa shape index (κ1) is 11.7. The van der Waals surface area contributed by atoms with Crippen molar-refractivity contribution in [3.05, 3.63) is 60.0 Å². The average Bonchev–Trinajstić information content (AvgIpc) is 2.94. The molecule has 0 saturated carbocycles. The Balaban J connectivity index is 1.80. The molecule has 0 spiro atoms. The van der Waals surface area contributed by atoms with Gasteiger partial charge in [-0.25, -0.2) is 9.50 Å². The summed E-state index contributed by atoms with van der Waals surface area (Å²) in [5.41, 5.74) is 2.96. The lowest BCUT2D eigenvalue weighted by molar-refractivity contribution is 0.281. The van der Waals surface area contributed by atoms with Gasteiger partial charge in [0.15, 0.2) is 5.82 Å². The van der Waals surface area contributed by atoms with Crippen molar-refractivity contribution in [2.45, 2.75) is 13.2 Å². The summed E-state index contributed by atoms with van der Waals surface area (Å²) in [6.45, 7) is 0.718. The number of aliphatic hydroxyl groups excluding tert-OH is 1. The van der Waals surface area contributed by atoms with Crippen molar-refractivity contribution in [3.63, 3.8) is 0 Å². The van der Waals surface area contributed by atoms with Crippen LogP contribution in [0.5, 0.6) is 0 Å². The molecule has 0 fully saturated rings. The van der Waals surface area contributed by atoms with Crippen LogP contribution in [-0.2, 0) is 13.2 Å². The van der Waals surface area contributed by atoms with Crippen LogP contribution in [-0.4, -0.2) is 19.7 Å². The standard InChI is InChI=1S/C14H14N4O/c19-10-12-3-1-2-11(8-12)9-16-14-13-4-5-17-18(13)7-6-15-14/h1-8,19H,9-10H2,(H,15,16). The monoisotopic (exact) mass is 254 g/mol. The van der Waals surface area contributed by atoms with E-state index in [4.69, 9.17) is 5.11 Å². The fraction of sp³-hybridized carbons (Fsp3) is 0.143. The molecule has 2 aromatic heterocycles. The normalized spacial score (nSPS) is 10.8. The van der Waals surface area contributed by atoms with E-state index in [2.05, 4.69) is 15.4 Å². The maximum atomic E-state index is 9.12. The molecule has 0 bridgehead atoms. The molecule has 0 aliphatic rings. The van der Waals surface area contributed by atoms with E-state index in [1.165, 1.54) is 0 Å². The zero-order valence-corrected chi connectivity index (χ0v) is 10.3. The van der Waals surface area contributed by atoms with Crippen LogP contribution < -0.4 is 5.32 Å². The molecule has 0 atom stereocenters. The van der Waals surface area contributed by atoms with E-state index in [1.807, 2.05) is 36.5 Å². The molecule has 0 aliphatic heterocycles. The average molecular weight is 254 g/mol. The summed E-state index contributed by atoms with van der Waals surface area (Å²) in [6.07, 6.45) is 5.27. The van der Waals surface area contributed by atoms with E-state index in [0.717, 1.165) is 22.5 Å². The van der Waals surface area contributed by atoms with Crippen molar-refractivity contribution in [2.75, 3.05) is 5.32 Å². The molecule has 0 saturated heterocycles. The smallest absolute Gasteiger partial charge is 0.152 e. The van der Waals surface area contributed by atoms with E-state index < -0.39 is 0 Å². The molecule has 0 aliphatic carbocycles. The highest BCUT2D eigenvalue weighted by Gasteiger charge is 2.02. The van der Waals surface area contributed by atoms with Crippen LogP contribution in [0.25, 0.3) is 5.52 Å². The lowest BCUT2D eigenvalue weighted by atomic mass is 10.1. The quantitative estimate of drug-likeness (QED) is 0.745. The molecule has 19 heavy (non-hydrogen) atoms. The van der Waals surface area contributed by atoms with Gasteiger partial charge in [-0.15, -0.1) is 0 Å². The summed E-state index contributed by atoms with van der Waals surface area (Å²) >= 11 is 0. The van der Waals surface area contributed by atoms with Crippen LogP contribution in [0.3, 0.4) is 0 Å². The zero-order valence-electron chi connectivity index (χ0n) is 10.3. The van der Waals surface area contributed by atoms with Crippen LogP contribution in [0.4, 0.5) is 5.82 Å². The molecular formula is C14H14N4O. The summed E-state index contributed by atoms with van der Waals surface area (Å²) in [5.74, 6) is 0.800. The summed E-state index contributed by atoms with van der Waals surface area (Å²) in [4.78, 5) is 4.32. The lowest BCUT2D eigenvalue weighted by Crippen LogP contribution is -2.03. The third kappa shape index (κ3) is 2.41. The summed E-state index contributed by atoms with van der Waals surface area (Å²) < 4.78 is 1.78. The fourth-order valence-corrected chi connectivity index (χ4v) is 2.02. The summed E-state index contributed by atoms with van der Waals surface area (Å²) in [7, 11) is 0. The van der Waals surface area contributed by atoms with Crippen LogP contribution in [0.15, 0.2) is 48.9 Å². The van der Waals surface area contributed by atoms with Crippen molar-refractivity contribution in [3.8, 4) is 0 Å². The van der Waals surface area contributed by atoms with Gasteiger partial charge in [-0.1, -0.05) is 24.3 Å². The van der Waals surface area contributed by atoms with Crippen LogP contribution >= 0.6 is 0 Å². The molecule has 1 aromatic carbocycles. The molecule has 0 radical (unpaired) electrons. The molecule has 0 unspecified atom stereocenters. The van der Waals surface area contributed by atoms with E-state index in [1.54, 1.807) is 16.9 Å². The van der Waals surface area contributed by atoms with E-state index in [9.17, 15) is 0 Å². The molecule has 5 nitrogen and oxygen atoms in total. The summed E-state index contributed by atoms with van der Waals surface area (Å²) in [6, 6.07) is 9.75. The van der Waals surface area contributed by atoms with Crippen LogP contribution in [0, 0.1) is 0 Å². The molecule has 5 heteroatoms. The highest BCUT2D eigenvalue weighted by Crippen LogP contribution is 2.14. The van der Waals surface area contributed by atoms with Gasteiger partial charge >= 0.3 is 0 Å². The Morgan fingerprint density at radius 1 is 1.16 bits per heavy atom. The van der Waals surface area contributed by atoms with Gasteiger partial charge in [0.25, 0.3) is 0 Å². The number of hydrogen-bond donors (Lipinski definition) is 2. The van der Waals surface area contributed by atoms with E-state index in [0.29, 0.717) is 6.54 Å². The number of aromatic nitrogens is 3. The second kappa shape index (κ2) is 5.07. The number of nitrogens with one attached hydrogen (secondary N) is 1. The molecule has 0 amide bonds. The van der Waals surface area contributed by atoms with Crippen molar-refractivity contribution < 1.29 is 5.11 Å². The van der Waals surface area contributed by atoms with E-state index in [-0.39, 0.29) is 6.61 Å². The van der Waals surface area contributed by atoms with Gasteiger partial charge < -0.3 is 10.4 Å². The zero-order chi connectivity index (χ0) is 13.1. The maximum Gasteiger partial charge on any atom is 0.152 e. The Morgan fingerprint density at radius 3 is 2.95 bits per heavy atom. The van der Waals surface area contributed by atoms with Crippen molar-refractivity contribution in [2.24, 2.45) is 0 Å². The predicted molar refractivity (Wildman–Crippen MR) is 72.7 cm³/mol. The Kier molecular flexibility index (Phi) is 3.12. The van der Waals surface area contributed by atoms with Gasteiger partial charge in [0.2, 0.25) is 0 Å². The van der Waals surface area contributed by atoms with E-state index >= 15 is 0 Å². The first-order valence-corrected chi connectivity index (χ1v) is 6.08. The van der Waals surface area contributed by atoms with Crippen LogP contribution in [0.1, 0.15) is 11.1 Å². The number of hydrogen-bond acceptors (Lipinski definition) is 4. The second-order valence-corrected chi connectivity index (χ2v) is 4.27. The Labute approximate surface area is 110 Å². The summed E-state index contributed by atoms with van der Waals surface area (Å²) in [5, 5.41) is 16.6. The molecule has 3 aromatic rings. The minimum atomic E-state index is 0.0598. The topological polar surface area (TPSA) is 62.5 Å². The molecule has 3 rings (SSSR count). The van der Waals surface area contributed by atoms with Crippen molar-refractivity contribution in [1.29, 1.82) is 0 Å². The Hall–Kier alpha value is -2.40. The number of rotatable bonds is 4. The number of anilines is 1. The minimum absolute atomic E-state index is 0.0598. The highest BCUT2D eigenvalue weighted by molar-refractivity contribution is 5.66. The predicted octanol–water partition coefficient (Wildman–Crippen LogP) is 1.83. The largest absolute Gasteiger partial charge is 0.392 e. The first-order valence-electron chi connectivity index (χ1n) is 6.08. The first-order chi connectivity index (χ1) is 9.36. The number of nitrogens with zero attached hydrogens (tertiary/aromatic N) is 3. The third-order valence-corrected chi connectivity index (χ3v) is 2.96. The number of aliphatic hydroxyl groups is 1. The molecular weight excluding hydrogens is 240 g/mol. The van der Waals surface area contributed by atoms with Gasteiger partial charge in [0.1, 0.15) is 5.52 Å². The lowest BCUT2D eigenvalue weighted by Gasteiger charge is -2.08. The van der Waals surface area contributed by atoms with Gasteiger partial charge in [0.05, 0.1) is 12.8 Å².